The first kappa shape index (κ1) is 20.5. The molecule has 0 N–H and O–H groups in total. The number of ketones is 2. The van der Waals surface area contributed by atoms with Gasteiger partial charge in [0.1, 0.15) is 17.6 Å². The van der Waals surface area contributed by atoms with E-state index in [1.165, 1.54) is 11.1 Å². The van der Waals surface area contributed by atoms with Crippen LogP contribution in [0.3, 0.4) is 0 Å². The fourth-order valence-corrected chi connectivity index (χ4v) is 5.95. The van der Waals surface area contributed by atoms with Crippen molar-refractivity contribution in [2.75, 3.05) is 0 Å². The molecule has 1 aromatic heterocycles. The van der Waals surface area contributed by atoms with Gasteiger partial charge in [0, 0.05) is 50.1 Å². The molecule has 2 aliphatic heterocycles. The van der Waals surface area contributed by atoms with Crippen LogP contribution in [0.2, 0.25) is 0 Å². The van der Waals surface area contributed by atoms with Crippen molar-refractivity contribution in [2.45, 2.75) is 76.3 Å². The van der Waals surface area contributed by atoms with E-state index in [0.29, 0.717) is 31.0 Å². The number of nitrogens with zero attached hydrogens (tertiary/aromatic N) is 3. The number of aromatic nitrogens is 1. The SMILES string of the molecule is O=C1CCC(N2Cc3cc(O[C@H]4CCC[C@@H]4N4Cc5ccncc5C4)ccc3C2=O)C(=O)C1. The largest absolute Gasteiger partial charge is 0.489 e. The van der Waals surface area contributed by atoms with Crippen molar-refractivity contribution in [3.8, 4) is 5.75 Å². The van der Waals surface area contributed by atoms with E-state index in [1.54, 1.807) is 4.90 Å². The third kappa shape index (κ3) is 3.64. The van der Waals surface area contributed by atoms with Gasteiger partial charge in [0.25, 0.3) is 5.91 Å². The molecule has 4 aliphatic rings. The molecule has 33 heavy (non-hydrogen) atoms. The van der Waals surface area contributed by atoms with Crippen molar-refractivity contribution >= 4 is 17.5 Å². The lowest BCUT2D eigenvalue weighted by atomic mass is 9.92. The van der Waals surface area contributed by atoms with Crippen molar-refractivity contribution in [2.24, 2.45) is 0 Å². The Balaban J connectivity index is 1.16. The number of rotatable bonds is 4. The highest BCUT2D eigenvalue weighted by Gasteiger charge is 2.40. The normalized spacial score (nSPS) is 27.2. The molecule has 2 aromatic rings. The zero-order valence-electron chi connectivity index (χ0n) is 18.5. The Morgan fingerprint density at radius 3 is 2.67 bits per heavy atom. The molecular formula is C26H27N3O4. The standard InChI is InChI=1S/C26H27N3O4/c30-19-4-7-22(24(31)11-19)29-15-17-10-20(5-6-21(17)26(29)32)33-25-3-1-2-23(25)28-13-16-8-9-27-12-18(16)14-28/h5-6,8-10,12,22-23,25H,1-4,7,11,13-15H2/t22?,23-,25-/m0/s1. The summed E-state index contributed by atoms with van der Waals surface area (Å²) in [6.07, 6.45) is 7.95. The summed E-state index contributed by atoms with van der Waals surface area (Å²) in [5.41, 5.74) is 4.19. The van der Waals surface area contributed by atoms with Crippen LogP contribution in [0.1, 0.15) is 65.6 Å². The number of Topliss-reactive ketones (excluding diaryl/α,β-unsaturated/α-hetero) is 2. The van der Waals surface area contributed by atoms with Gasteiger partial charge in [-0.2, -0.15) is 0 Å². The number of fused-ring (bicyclic) bond motifs is 2. The average molecular weight is 446 g/mol. The lowest BCUT2D eigenvalue weighted by molar-refractivity contribution is -0.133. The molecule has 3 heterocycles. The van der Waals surface area contributed by atoms with Crippen LogP contribution in [0.25, 0.3) is 0 Å². The summed E-state index contributed by atoms with van der Waals surface area (Å²) in [7, 11) is 0. The van der Waals surface area contributed by atoms with Gasteiger partial charge in [0.2, 0.25) is 0 Å². The molecule has 7 heteroatoms. The Morgan fingerprint density at radius 2 is 1.82 bits per heavy atom. The number of benzene rings is 1. The number of ether oxygens (including phenoxy) is 1. The number of pyridine rings is 1. The van der Waals surface area contributed by atoms with Gasteiger partial charge in [0.15, 0.2) is 5.78 Å². The highest BCUT2D eigenvalue weighted by molar-refractivity contribution is 6.07. The first-order valence-electron chi connectivity index (χ1n) is 11.9. The van der Waals surface area contributed by atoms with E-state index < -0.39 is 6.04 Å². The van der Waals surface area contributed by atoms with Crippen LogP contribution in [0, 0.1) is 0 Å². The average Bonchev–Trinajstić information content (AvgIpc) is 3.51. The molecule has 1 amide bonds. The summed E-state index contributed by atoms with van der Waals surface area (Å²) in [5.74, 6) is 0.495. The zero-order chi connectivity index (χ0) is 22.5. The van der Waals surface area contributed by atoms with E-state index in [1.807, 2.05) is 30.6 Å². The van der Waals surface area contributed by atoms with E-state index in [4.69, 9.17) is 4.74 Å². The Labute approximate surface area is 192 Å². The molecule has 2 fully saturated rings. The Bertz CT molecular complexity index is 1120. The smallest absolute Gasteiger partial charge is 0.255 e. The van der Waals surface area contributed by atoms with Gasteiger partial charge in [-0.1, -0.05) is 0 Å². The summed E-state index contributed by atoms with van der Waals surface area (Å²) in [5, 5.41) is 0. The van der Waals surface area contributed by atoms with Crippen molar-refractivity contribution in [1.82, 2.24) is 14.8 Å². The quantitative estimate of drug-likeness (QED) is 0.673. The highest BCUT2D eigenvalue weighted by Crippen LogP contribution is 2.36. The highest BCUT2D eigenvalue weighted by atomic mass is 16.5. The monoisotopic (exact) mass is 445 g/mol. The molecule has 170 valence electrons. The number of hydrogen-bond acceptors (Lipinski definition) is 6. The second-order valence-electron chi connectivity index (χ2n) is 9.69. The summed E-state index contributed by atoms with van der Waals surface area (Å²) in [6.45, 7) is 2.26. The number of amides is 1. The molecule has 6 rings (SSSR count). The molecule has 7 nitrogen and oxygen atoms in total. The lowest BCUT2D eigenvalue weighted by Crippen LogP contribution is -2.44. The van der Waals surface area contributed by atoms with Gasteiger partial charge in [0.05, 0.1) is 12.5 Å². The van der Waals surface area contributed by atoms with Gasteiger partial charge in [-0.15, -0.1) is 0 Å². The Hall–Kier alpha value is -3.06. The molecule has 2 saturated carbocycles. The van der Waals surface area contributed by atoms with Gasteiger partial charge >= 0.3 is 0 Å². The third-order valence-corrected chi connectivity index (χ3v) is 7.65. The van der Waals surface area contributed by atoms with E-state index in [0.717, 1.165) is 43.7 Å². The van der Waals surface area contributed by atoms with E-state index in [-0.39, 0.29) is 30.0 Å². The van der Waals surface area contributed by atoms with E-state index in [2.05, 4.69) is 16.0 Å². The number of carbonyl (C=O) groups is 3. The Morgan fingerprint density at radius 1 is 0.939 bits per heavy atom. The second kappa shape index (κ2) is 8.06. The first-order valence-corrected chi connectivity index (χ1v) is 11.9. The van der Waals surface area contributed by atoms with Crippen LogP contribution in [0.4, 0.5) is 0 Å². The first-order chi connectivity index (χ1) is 16.1. The van der Waals surface area contributed by atoms with Crippen LogP contribution in [-0.4, -0.2) is 50.4 Å². The van der Waals surface area contributed by atoms with E-state index in [9.17, 15) is 14.4 Å². The maximum atomic E-state index is 12.9. The molecule has 3 atom stereocenters. The third-order valence-electron chi connectivity index (χ3n) is 7.65. The molecule has 0 spiro atoms. The van der Waals surface area contributed by atoms with Crippen molar-refractivity contribution in [3.05, 3.63) is 58.9 Å². The van der Waals surface area contributed by atoms with Crippen molar-refractivity contribution in [1.29, 1.82) is 0 Å². The van der Waals surface area contributed by atoms with Crippen LogP contribution in [0.5, 0.6) is 5.75 Å². The molecule has 2 aliphatic carbocycles. The minimum absolute atomic E-state index is 0.0282. The summed E-state index contributed by atoms with van der Waals surface area (Å²) in [6, 6.07) is 7.65. The molecule has 1 aromatic carbocycles. The van der Waals surface area contributed by atoms with E-state index >= 15 is 0 Å². The lowest BCUT2D eigenvalue weighted by Gasteiger charge is -2.29. The topological polar surface area (TPSA) is 79.8 Å². The predicted octanol–water partition coefficient (Wildman–Crippen LogP) is 3.04. The molecule has 1 unspecified atom stereocenters. The van der Waals surface area contributed by atoms with Crippen LogP contribution in [-0.2, 0) is 29.2 Å². The fraction of sp³-hybridized carbons (Fsp3) is 0.462. The molecular weight excluding hydrogens is 418 g/mol. The summed E-state index contributed by atoms with van der Waals surface area (Å²) >= 11 is 0. The summed E-state index contributed by atoms with van der Waals surface area (Å²) < 4.78 is 6.48. The fourth-order valence-electron chi connectivity index (χ4n) is 5.95. The van der Waals surface area contributed by atoms with Crippen LogP contribution in [0.15, 0.2) is 36.7 Å². The van der Waals surface area contributed by atoms with Crippen molar-refractivity contribution < 1.29 is 19.1 Å². The number of hydrogen-bond donors (Lipinski definition) is 0. The molecule has 0 bridgehead atoms. The summed E-state index contributed by atoms with van der Waals surface area (Å²) in [4.78, 5) is 45.3. The van der Waals surface area contributed by atoms with Crippen LogP contribution >= 0.6 is 0 Å². The maximum absolute atomic E-state index is 12.9. The Kier molecular flexibility index (Phi) is 5.02. The molecule has 0 radical (unpaired) electrons. The van der Waals surface area contributed by atoms with Gasteiger partial charge < -0.3 is 9.64 Å². The van der Waals surface area contributed by atoms with Gasteiger partial charge in [-0.25, -0.2) is 0 Å². The predicted molar refractivity (Wildman–Crippen MR) is 120 cm³/mol. The van der Waals surface area contributed by atoms with Crippen LogP contribution < -0.4 is 4.74 Å². The van der Waals surface area contributed by atoms with Gasteiger partial charge in [-0.3, -0.25) is 24.3 Å². The van der Waals surface area contributed by atoms with Gasteiger partial charge in [-0.05, 0) is 66.6 Å². The zero-order valence-corrected chi connectivity index (χ0v) is 18.5. The van der Waals surface area contributed by atoms with Crippen molar-refractivity contribution in [3.63, 3.8) is 0 Å². The minimum atomic E-state index is -0.488. The maximum Gasteiger partial charge on any atom is 0.255 e. The molecule has 0 saturated heterocycles. The second-order valence-corrected chi connectivity index (χ2v) is 9.69. The minimum Gasteiger partial charge on any atom is -0.489 e. The number of carbonyl (C=O) groups excluding carboxylic acids is 3.